The Balaban J connectivity index is 1.43. The molecule has 1 aliphatic carbocycles. The van der Waals surface area contributed by atoms with Gasteiger partial charge in [-0.2, -0.15) is 13.2 Å². The zero-order valence-corrected chi connectivity index (χ0v) is 25.8. The SMILES string of the molecule is COc1ccc(NC(=O)C(C)(C)N(Cc2ccc(C(F)(F)F)cc2)C(=O)C[C@H]2[C@H](c3c(C)[nH]c4ccccc34)C2(C)C)cc1. The molecule has 0 aliphatic heterocycles. The lowest BCUT2D eigenvalue weighted by molar-refractivity contribution is -0.145. The molecule has 1 saturated carbocycles. The minimum absolute atomic E-state index is 0.0171. The van der Waals surface area contributed by atoms with Crippen molar-refractivity contribution in [1.82, 2.24) is 9.88 Å². The van der Waals surface area contributed by atoms with Gasteiger partial charge in [0.25, 0.3) is 0 Å². The lowest BCUT2D eigenvalue weighted by Crippen LogP contribution is -2.54. The van der Waals surface area contributed by atoms with E-state index in [4.69, 9.17) is 4.74 Å². The molecule has 0 saturated heterocycles. The van der Waals surface area contributed by atoms with E-state index in [1.165, 1.54) is 22.6 Å². The average Bonchev–Trinajstić information content (AvgIpc) is 3.32. The number of amides is 2. The fraction of sp³-hybridized carbons (Fsp3) is 0.371. The molecule has 1 aliphatic rings. The van der Waals surface area contributed by atoms with Crippen LogP contribution in [-0.4, -0.2) is 34.3 Å². The van der Waals surface area contributed by atoms with Gasteiger partial charge in [-0.25, -0.2) is 0 Å². The summed E-state index contributed by atoms with van der Waals surface area (Å²) in [6, 6.07) is 19.7. The van der Waals surface area contributed by atoms with Crippen molar-refractivity contribution in [1.29, 1.82) is 0 Å². The summed E-state index contributed by atoms with van der Waals surface area (Å²) < 4.78 is 44.9. The topological polar surface area (TPSA) is 74.4 Å². The number of carbonyl (C=O) groups excluding carboxylic acids is 2. The van der Waals surface area contributed by atoms with E-state index in [1.807, 2.05) is 25.1 Å². The number of ether oxygens (including phenoxy) is 1. The number of halogens is 3. The normalized spacial score (nSPS) is 17.8. The molecule has 9 heteroatoms. The van der Waals surface area contributed by atoms with Crippen molar-refractivity contribution in [3.05, 3.63) is 95.2 Å². The first-order chi connectivity index (χ1) is 20.6. The van der Waals surface area contributed by atoms with Gasteiger partial charge in [0.05, 0.1) is 12.7 Å². The number of methoxy groups -OCH3 is 1. The average molecular weight is 606 g/mol. The number of H-pyrrole nitrogens is 1. The Labute approximate surface area is 255 Å². The van der Waals surface area contributed by atoms with Gasteiger partial charge in [-0.05, 0) is 91.6 Å². The minimum Gasteiger partial charge on any atom is -0.497 e. The van der Waals surface area contributed by atoms with Crippen LogP contribution in [0.2, 0.25) is 0 Å². The van der Waals surface area contributed by atoms with Gasteiger partial charge in [0.1, 0.15) is 11.3 Å². The molecule has 2 atom stereocenters. The highest BCUT2D eigenvalue weighted by Crippen LogP contribution is 2.67. The molecule has 6 nitrogen and oxygen atoms in total. The van der Waals surface area contributed by atoms with Gasteiger partial charge in [-0.15, -0.1) is 0 Å². The number of aromatic nitrogens is 1. The summed E-state index contributed by atoms with van der Waals surface area (Å²) in [7, 11) is 1.55. The van der Waals surface area contributed by atoms with Crippen molar-refractivity contribution in [2.24, 2.45) is 11.3 Å². The third-order valence-electron chi connectivity index (χ3n) is 9.20. The summed E-state index contributed by atoms with van der Waals surface area (Å²) in [5, 5.41) is 4.02. The third kappa shape index (κ3) is 5.92. The van der Waals surface area contributed by atoms with E-state index in [1.54, 1.807) is 45.2 Å². The molecular formula is C35H38F3N3O3. The molecule has 2 amide bonds. The number of benzene rings is 3. The Hall–Kier alpha value is -4.27. The van der Waals surface area contributed by atoms with E-state index in [9.17, 15) is 22.8 Å². The first kappa shape index (κ1) is 31.2. The fourth-order valence-corrected chi connectivity index (χ4v) is 6.36. The Morgan fingerprint density at radius 3 is 2.23 bits per heavy atom. The van der Waals surface area contributed by atoms with Crippen LogP contribution in [0.15, 0.2) is 72.8 Å². The van der Waals surface area contributed by atoms with E-state index in [0.717, 1.165) is 28.7 Å². The van der Waals surface area contributed by atoms with Gasteiger partial charge in [0, 0.05) is 35.2 Å². The summed E-state index contributed by atoms with van der Waals surface area (Å²) in [6.07, 6.45) is -4.28. The van der Waals surface area contributed by atoms with Crippen molar-refractivity contribution >= 4 is 28.4 Å². The summed E-state index contributed by atoms with van der Waals surface area (Å²) >= 11 is 0. The summed E-state index contributed by atoms with van der Waals surface area (Å²) in [5.74, 6) is 0.128. The standard InChI is InChI=1S/C35H38F3N3O3/c1-21-30(26-9-7-8-10-28(26)39-21)31-27(33(31,2)3)19-29(42)41(20-22-11-13-23(14-12-22)35(36,37)38)34(4,5)32(43)40-24-15-17-25(44-6)18-16-24/h7-18,27,31,39H,19-20H2,1-6H3,(H,40,43)/t27-,31+/m0/s1. The lowest BCUT2D eigenvalue weighted by Gasteiger charge is -2.38. The van der Waals surface area contributed by atoms with E-state index in [2.05, 4.69) is 30.2 Å². The Bertz CT molecular complexity index is 1670. The number of anilines is 1. The molecule has 1 fully saturated rings. The van der Waals surface area contributed by atoms with Crippen molar-refractivity contribution in [2.75, 3.05) is 12.4 Å². The van der Waals surface area contributed by atoms with Gasteiger partial charge in [0.15, 0.2) is 0 Å². The fourth-order valence-electron chi connectivity index (χ4n) is 6.36. The van der Waals surface area contributed by atoms with Crippen LogP contribution in [0.25, 0.3) is 10.9 Å². The number of hydrogen-bond donors (Lipinski definition) is 2. The minimum atomic E-state index is -4.47. The third-order valence-corrected chi connectivity index (χ3v) is 9.20. The van der Waals surface area contributed by atoms with Gasteiger partial charge < -0.3 is 19.9 Å². The highest BCUT2D eigenvalue weighted by atomic mass is 19.4. The molecule has 0 bridgehead atoms. The maximum atomic E-state index is 14.2. The second kappa shape index (κ2) is 11.3. The molecule has 2 N–H and O–H groups in total. The van der Waals surface area contributed by atoms with Gasteiger partial charge in [0.2, 0.25) is 11.8 Å². The van der Waals surface area contributed by atoms with Crippen LogP contribution in [0.5, 0.6) is 5.75 Å². The highest BCUT2D eigenvalue weighted by Gasteiger charge is 2.60. The Kier molecular flexibility index (Phi) is 8.03. The Morgan fingerprint density at radius 2 is 1.61 bits per heavy atom. The molecular weight excluding hydrogens is 567 g/mol. The van der Waals surface area contributed by atoms with E-state index < -0.39 is 23.2 Å². The van der Waals surface area contributed by atoms with Gasteiger partial charge >= 0.3 is 6.18 Å². The van der Waals surface area contributed by atoms with Crippen molar-refractivity contribution < 1.29 is 27.5 Å². The number of fused-ring (bicyclic) bond motifs is 1. The second-order valence-corrected chi connectivity index (χ2v) is 12.7. The molecule has 1 aromatic heterocycles. The number of rotatable bonds is 9. The van der Waals surface area contributed by atoms with E-state index in [-0.39, 0.29) is 36.1 Å². The maximum absolute atomic E-state index is 14.2. The number of aromatic amines is 1. The molecule has 0 spiro atoms. The van der Waals surface area contributed by atoms with Crippen LogP contribution >= 0.6 is 0 Å². The van der Waals surface area contributed by atoms with Gasteiger partial charge in [-0.3, -0.25) is 9.59 Å². The number of para-hydroxylation sites is 1. The summed E-state index contributed by atoms with van der Waals surface area (Å²) in [4.78, 5) is 32.8. The number of hydrogen-bond acceptors (Lipinski definition) is 3. The second-order valence-electron chi connectivity index (χ2n) is 12.7. The summed E-state index contributed by atoms with van der Waals surface area (Å²) in [6.45, 7) is 9.65. The van der Waals surface area contributed by atoms with E-state index >= 15 is 0 Å². The van der Waals surface area contributed by atoms with Crippen LogP contribution < -0.4 is 10.1 Å². The largest absolute Gasteiger partial charge is 0.497 e. The monoisotopic (exact) mass is 605 g/mol. The maximum Gasteiger partial charge on any atom is 0.416 e. The number of aryl methyl sites for hydroxylation is 1. The molecule has 232 valence electrons. The molecule has 5 rings (SSSR count). The van der Waals surface area contributed by atoms with Crippen LogP contribution in [0.4, 0.5) is 18.9 Å². The summed E-state index contributed by atoms with van der Waals surface area (Å²) in [5.41, 5.74) is 2.08. The predicted molar refractivity (Wildman–Crippen MR) is 165 cm³/mol. The van der Waals surface area contributed by atoms with Crippen molar-refractivity contribution in [3.63, 3.8) is 0 Å². The van der Waals surface area contributed by atoms with Crippen molar-refractivity contribution in [2.45, 2.75) is 65.2 Å². The quantitative estimate of drug-likeness (QED) is 0.203. The van der Waals surface area contributed by atoms with Crippen LogP contribution in [0.1, 0.15) is 62.4 Å². The zero-order valence-electron chi connectivity index (χ0n) is 25.8. The smallest absolute Gasteiger partial charge is 0.416 e. The zero-order chi connectivity index (χ0) is 32.0. The van der Waals surface area contributed by atoms with Crippen LogP contribution in [0, 0.1) is 18.3 Å². The van der Waals surface area contributed by atoms with Crippen LogP contribution in [0.3, 0.4) is 0 Å². The highest BCUT2D eigenvalue weighted by molar-refractivity contribution is 6.00. The van der Waals surface area contributed by atoms with Crippen molar-refractivity contribution in [3.8, 4) is 5.75 Å². The molecule has 3 aromatic carbocycles. The van der Waals surface area contributed by atoms with Gasteiger partial charge in [-0.1, -0.05) is 44.2 Å². The lowest BCUT2D eigenvalue weighted by atomic mass is 9.97. The first-order valence-corrected chi connectivity index (χ1v) is 14.6. The number of alkyl halides is 3. The molecule has 0 unspecified atom stereocenters. The van der Waals surface area contributed by atoms with Crippen LogP contribution in [-0.2, 0) is 22.3 Å². The number of nitrogens with one attached hydrogen (secondary N) is 2. The Morgan fingerprint density at radius 1 is 0.977 bits per heavy atom. The molecule has 1 heterocycles. The molecule has 44 heavy (non-hydrogen) atoms. The molecule has 0 radical (unpaired) electrons. The number of carbonyl (C=O) groups is 2. The number of nitrogens with zero attached hydrogens (tertiary/aromatic N) is 1. The molecule has 4 aromatic rings. The van der Waals surface area contributed by atoms with E-state index in [0.29, 0.717) is 17.0 Å². The first-order valence-electron chi connectivity index (χ1n) is 14.6. The predicted octanol–water partition coefficient (Wildman–Crippen LogP) is 8.08.